The van der Waals surface area contributed by atoms with Crippen molar-refractivity contribution in [2.45, 2.75) is 51.7 Å². The van der Waals surface area contributed by atoms with Crippen LogP contribution in [0.2, 0.25) is 5.02 Å². The van der Waals surface area contributed by atoms with E-state index in [0.717, 1.165) is 15.2 Å². The summed E-state index contributed by atoms with van der Waals surface area (Å²) in [5, 5.41) is 22.3. The van der Waals surface area contributed by atoms with Gasteiger partial charge in [0.05, 0.1) is 31.2 Å². The van der Waals surface area contributed by atoms with Crippen molar-refractivity contribution < 1.29 is 13.9 Å². The summed E-state index contributed by atoms with van der Waals surface area (Å²) < 4.78 is 21.4. The normalized spacial score (nSPS) is 15.0. The van der Waals surface area contributed by atoms with Gasteiger partial charge in [0.25, 0.3) is 0 Å². The molecule has 0 unspecified atom stereocenters. The minimum atomic E-state index is -1.00. The molecule has 10 nitrogen and oxygen atoms in total. The number of carbonyl (C=O) groups excluding carboxylic acids is 1. The number of nitrogens with one attached hydrogen (secondary N) is 2. The summed E-state index contributed by atoms with van der Waals surface area (Å²) >= 11 is 8.26. The van der Waals surface area contributed by atoms with Crippen LogP contribution in [0.1, 0.15) is 49.9 Å². The van der Waals surface area contributed by atoms with Crippen LogP contribution in [0.5, 0.6) is 0 Å². The molecule has 0 spiro atoms. The average Bonchev–Trinajstić information content (AvgIpc) is 3.56. The number of amides is 1. The SMILES string of the molecule is Cc1nc2ccc(-c3n[nH]c4nc(N5CCC(NC(=O)OC(C)(C)C)(c6ccccc6F)CC5)nc(C#N)c34)c(Cl)c2s1. The zero-order valence-corrected chi connectivity index (χ0v) is 25.5. The zero-order valence-electron chi connectivity index (χ0n) is 24.0. The van der Waals surface area contributed by atoms with E-state index in [0.29, 0.717) is 64.8 Å². The van der Waals surface area contributed by atoms with Gasteiger partial charge in [-0.3, -0.25) is 5.10 Å². The lowest BCUT2D eigenvalue weighted by Crippen LogP contribution is -2.54. The number of nitriles is 1. The highest BCUT2D eigenvalue weighted by Gasteiger charge is 2.41. The number of carbonyl (C=O) groups is 1. The molecule has 1 fully saturated rings. The minimum Gasteiger partial charge on any atom is -0.444 e. The fourth-order valence-corrected chi connectivity index (χ4v) is 6.71. The predicted octanol–water partition coefficient (Wildman–Crippen LogP) is 6.62. The van der Waals surface area contributed by atoms with Crippen molar-refractivity contribution in [1.29, 1.82) is 5.26 Å². The first-order valence-corrected chi connectivity index (χ1v) is 14.9. The highest BCUT2D eigenvalue weighted by Crippen LogP contribution is 2.40. The third-order valence-electron chi connectivity index (χ3n) is 7.40. The van der Waals surface area contributed by atoms with Gasteiger partial charge in [-0.2, -0.15) is 15.3 Å². The molecule has 0 bridgehead atoms. The molecule has 220 valence electrons. The van der Waals surface area contributed by atoms with Crippen LogP contribution >= 0.6 is 22.9 Å². The topological polar surface area (TPSA) is 133 Å². The quantitative estimate of drug-likeness (QED) is 0.229. The smallest absolute Gasteiger partial charge is 0.408 e. The Bertz CT molecular complexity index is 1920. The molecule has 3 aromatic heterocycles. The van der Waals surface area contributed by atoms with Crippen LogP contribution in [0, 0.1) is 24.1 Å². The molecule has 0 aliphatic carbocycles. The number of ether oxygens (including phenoxy) is 1. The minimum absolute atomic E-state index is 0.151. The van der Waals surface area contributed by atoms with Gasteiger partial charge in [-0.15, -0.1) is 11.3 Å². The van der Waals surface area contributed by atoms with Crippen molar-refractivity contribution in [2.24, 2.45) is 0 Å². The monoisotopic (exact) mass is 618 g/mol. The van der Waals surface area contributed by atoms with Gasteiger partial charge >= 0.3 is 6.09 Å². The molecule has 0 atom stereocenters. The Morgan fingerprint density at radius 2 is 1.93 bits per heavy atom. The molecule has 1 aliphatic heterocycles. The summed E-state index contributed by atoms with van der Waals surface area (Å²) in [6.07, 6.45) is 0.0901. The third-order valence-corrected chi connectivity index (χ3v) is 8.91. The molecule has 0 saturated carbocycles. The summed E-state index contributed by atoms with van der Waals surface area (Å²) in [7, 11) is 0. The Hall–Kier alpha value is -4.34. The van der Waals surface area contributed by atoms with Crippen molar-refractivity contribution in [1.82, 2.24) is 30.5 Å². The predicted molar refractivity (Wildman–Crippen MR) is 164 cm³/mol. The van der Waals surface area contributed by atoms with E-state index in [-0.39, 0.29) is 5.69 Å². The van der Waals surface area contributed by atoms with Crippen LogP contribution in [0.25, 0.3) is 32.5 Å². The van der Waals surface area contributed by atoms with E-state index in [4.69, 9.17) is 21.3 Å². The van der Waals surface area contributed by atoms with Gasteiger partial charge in [0.15, 0.2) is 11.3 Å². The average molecular weight is 619 g/mol. The Morgan fingerprint density at radius 3 is 2.63 bits per heavy atom. The van der Waals surface area contributed by atoms with Gasteiger partial charge in [-0.25, -0.2) is 19.2 Å². The number of aromatic amines is 1. The van der Waals surface area contributed by atoms with Gasteiger partial charge in [0.2, 0.25) is 5.95 Å². The molecule has 43 heavy (non-hydrogen) atoms. The first-order chi connectivity index (χ1) is 20.5. The summed E-state index contributed by atoms with van der Waals surface area (Å²) in [5.41, 5.74) is 1.15. The van der Waals surface area contributed by atoms with Crippen LogP contribution in [-0.4, -0.2) is 49.9 Å². The number of thiazole rings is 1. The maximum atomic E-state index is 15.1. The molecule has 2 N–H and O–H groups in total. The van der Waals surface area contributed by atoms with Gasteiger partial charge in [-0.05, 0) is 58.7 Å². The summed E-state index contributed by atoms with van der Waals surface area (Å²) in [6.45, 7) is 8.02. The van der Waals surface area contributed by atoms with Crippen LogP contribution in [0.15, 0.2) is 36.4 Å². The van der Waals surface area contributed by atoms with Crippen molar-refractivity contribution in [2.75, 3.05) is 18.0 Å². The number of alkyl carbamates (subject to hydrolysis) is 1. The van der Waals surface area contributed by atoms with Crippen LogP contribution in [0.4, 0.5) is 15.1 Å². The first-order valence-electron chi connectivity index (χ1n) is 13.7. The number of benzene rings is 2. The molecule has 5 aromatic rings. The van der Waals surface area contributed by atoms with E-state index < -0.39 is 23.1 Å². The molecule has 13 heteroatoms. The number of H-pyrrole nitrogens is 1. The van der Waals surface area contributed by atoms with Crippen molar-refractivity contribution >= 4 is 56.2 Å². The zero-order chi connectivity index (χ0) is 30.5. The van der Waals surface area contributed by atoms with E-state index in [1.165, 1.54) is 17.4 Å². The Labute approximate surface area is 255 Å². The molecular formula is C30H28ClFN8O2S. The highest BCUT2D eigenvalue weighted by molar-refractivity contribution is 7.19. The van der Waals surface area contributed by atoms with E-state index in [2.05, 4.69) is 31.6 Å². The molecule has 0 radical (unpaired) electrons. The summed E-state index contributed by atoms with van der Waals surface area (Å²) in [4.78, 5) is 28.6. The maximum absolute atomic E-state index is 15.1. The lowest BCUT2D eigenvalue weighted by atomic mass is 9.80. The van der Waals surface area contributed by atoms with Gasteiger partial charge in [0.1, 0.15) is 23.2 Å². The van der Waals surface area contributed by atoms with Crippen molar-refractivity contribution in [3.05, 3.63) is 63.5 Å². The van der Waals surface area contributed by atoms with E-state index in [1.807, 2.05) is 24.0 Å². The second-order valence-electron chi connectivity index (χ2n) is 11.5. The molecule has 1 saturated heterocycles. The fourth-order valence-electron chi connectivity index (χ4n) is 5.49. The number of aryl methyl sites for hydroxylation is 1. The number of fused-ring (bicyclic) bond motifs is 2. The second-order valence-corrected chi connectivity index (χ2v) is 13.0. The molecule has 1 aliphatic rings. The van der Waals surface area contributed by atoms with Crippen molar-refractivity contribution in [3.63, 3.8) is 0 Å². The van der Waals surface area contributed by atoms with Crippen molar-refractivity contribution in [3.8, 4) is 17.3 Å². The largest absolute Gasteiger partial charge is 0.444 e. The number of nitrogens with zero attached hydrogens (tertiary/aromatic N) is 6. The van der Waals surface area contributed by atoms with E-state index in [9.17, 15) is 10.1 Å². The summed E-state index contributed by atoms with van der Waals surface area (Å²) in [5.74, 6) is -0.0787. The number of halogens is 2. The molecule has 4 heterocycles. The fraction of sp³-hybridized carbons (Fsp3) is 0.333. The molecule has 6 rings (SSSR count). The van der Waals surface area contributed by atoms with Gasteiger partial charge in [-0.1, -0.05) is 29.8 Å². The van der Waals surface area contributed by atoms with E-state index >= 15 is 4.39 Å². The number of hydrogen-bond acceptors (Lipinski definition) is 9. The lowest BCUT2D eigenvalue weighted by molar-refractivity contribution is 0.0428. The number of rotatable bonds is 4. The molecule has 1 amide bonds. The highest BCUT2D eigenvalue weighted by atomic mass is 35.5. The van der Waals surface area contributed by atoms with Crippen LogP contribution < -0.4 is 10.2 Å². The first kappa shape index (κ1) is 28.8. The van der Waals surface area contributed by atoms with E-state index in [1.54, 1.807) is 39.0 Å². The number of piperidine rings is 1. The molecular weight excluding hydrogens is 591 g/mol. The third kappa shape index (κ3) is 5.34. The number of aromatic nitrogens is 5. The standard InChI is InChI=1S/C30H28ClFN8O2S/c1-16-34-20-10-9-17(23(31)25(20)43-16)24-22-21(15-33)35-27(36-26(22)39-38-24)40-13-11-30(12-14-40,18-7-5-6-8-19(18)32)37-28(41)42-29(2,3)4/h5-10H,11-14H2,1-4H3,(H,37,41)(H,35,36,38,39). The van der Waals surface area contributed by atoms with Crippen LogP contribution in [0.3, 0.4) is 0 Å². The Balaban J connectivity index is 1.32. The second kappa shape index (κ2) is 10.7. The Morgan fingerprint density at radius 1 is 1.19 bits per heavy atom. The number of hydrogen-bond donors (Lipinski definition) is 2. The lowest BCUT2D eigenvalue weighted by Gasteiger charge is -2.42. The van der Waals surface area contributed by atoms with Gasteiger partial charge < -0.3 is 15.0 Å². The summed E-state index contributed by atoms with van der Waals surface area (Å²) in [6, 6.07) is 12.3. The molecule has 2 aromatic carbocycles. The van der Waals surface area contributed by atoms with Gasteiger partial charge in [0, 0.05) is 24.2 Å². The number of anilines is 1. The van der Waals surface area contributed by atoms with Crippen LogP contribution in [-0.2, 0) is 10.3 Å². The Kier molecular flexibility index (Phi) is 7.18. The maximum Gasteiger partial charge on any atom is 0.408 e.